The summed E-state index contributed by atoms with van der Waals surface area (Å²) in [4.78, 5) is 0. The highest BCUT2D eigenvalue weighted by atomic mass is 16.5. The molecule has 0 radical (unpaired) electrons. The smallest absolute Gasteiger partial charge is 0.130 e. The summed E-state index contributed by atoms with van der Waals surface area (Å²) < 4.78 is 16.0. The van der Waals surface area contributed by atoms with Crippen LogP contribution in [0, 0.1) is 0 Å². The van der Waals surface area contributed by atoms with E-state index in [1.54, 1.807) is 21.3 Å². The number of nitrogens with one attached hydrogen (secondary N) is 1. The summed E-state index contributed by atoms with van der Waals surface area (Å²) in [5.74, 6) is 2.17. The lowest BCUT2D eigenvalue weighted by atomic mass is 10.1. The van der Waals surface area contributed by atoms with Crippen LogP contribution < -0.4 is 25.3 Å². The topological polar surface area (TPSA) is 65.7 Å². The van der Waals surface area contributed by atoms with Crippen molar-refractivity contribution in [2.45, 2.75) is 25.9 Å². The van der Waals surface area contributed by atoms with E-state index in [0.717, 1.165) is 17.1 Å². The Labute approximate surface area is 115 Å². The van der Waals surface area contributed by atoms with Gasteiger partial charge in [0.15, 0.2) is 0 Å². The van der Waals surface area contributed by atoms with Gasteiger partial charge in [-0.2, -0.15) is 0 Å². The zero-order chi connectivity index (χ0) is 14.5. The molecule has 5 nitrogen and oxygen atoms in total. The van der Waals surface area contributed by atoms with E-state index in [-0.39, 0.29) is 5.54 Å². The summed E-state index contributed by atoms with van der Waals surface area (Å²) in [6.45, 7) is 5.27. The second kappa shape index (κ2) is 6.63. The molecule has 0 fully saturated rings. The third-order valence-corrected chi connectivity index (χ3v) is 2.70. The molecule has 0 aromatic heterocycles. The summed E-state index contributed by atoms with van der Waals surface area (Å²) >= 11 is 0. The predicted octanol–water partition coefficient (Wildman–Crippen LogP) is 1.54. The molecule has 0 atom stereocenters. The van der Waals surface area contributed by atoms with Crippen LogP contribution in [0.15, 0.2) is 12.1 Å². The molecular formula is C14H24N2O3. The minimum atomic E-state index is -0.257. The Bertz CT molecular complexity index is 389. The van der Waals surface area contributed by atoms with Gasteiger partial charge in [-0.25, -0.2) is 0 Å². The van der Waals surface area contributed by atoms with E-state index in [0.29, 0.717) is 18.8 Å². The van der Waals surface area contributed by atoms with E-state index in [1.165, 1.54) is 0 Å². The Morgan fingerprint density at radius 3 is 1.95 bits per heavy atom. The second-order valence-corrected chi connectivity index (χ2v) is 5.10. The third kappa shape index (κ3) is 4.61. The highest BCUT2D eigenvalue weighted by Gasteiger charge is 2.15. The lowest BCUT2D eigenvalue weighted by Crippen LogP contribution is -2.42. The Morgan fingerprint density at radius 2 is 1.58 bits per heavy atom. The van der Waals surface area contributed by atoms with Gasteiger partial charge in [0.05, 0.1) is 26.9 Å². The first-order valence-corrected chi connectivity index (χ1v) is 6.19. The summed E-state index contributed by atoms with van der Waals surface area (Å²) in [5, 5.41) is 3.30. The van der Waals surface area contributed by atoms with Crippen LogP contribution >= 0.6 is 0 Å². The van der Waals surface area contributed by atoms with Crippen molar-refractivity contribution in [3.63, 3.8) is 0 Å². The van der Waals surface area contributed by atoms with Gasteiger partial charge in [-0.15, -0.1) is 0 Å². The molecule has 108 valence electrons. The number of nitrogens with two attached hydrogens (primary N) is 1. The maximum absolute atomic E-state index is 5.94. The molecule has 0 aliphatic carbocycles. The fourth-order valence-electron chi connectivity index (χ4n) is 1.76. The van der Waals surface area contributed by atoms with Crippen LogP contribution in [-0.2, 0) is 6.54 Å². The van der Waals surface area contributed by atoms with Crippen LogP contribution in [0.2, 0.25) is 0 Å². The largest absolute Gasteiger partial charge is 0.496 e. The van der Waals surface area contributed by atoms with Gasteiger partial charge in [-0.3, -0.25) is 0 Å². The second-order valence-electron chi connectivity index (χ2n) is 5.10. The van der Waals surface area contributed by atoms with Gasteiger partial charge in [-0.1, -0.05) is 0 Å². The molecule has 3 N–H and O–H groups in total. The van der Waals surface area contributed by atoms with Crippen LogP contribution in [0.3, 0.4) is 0 Å². The highest BCUT2D eigenvalue weighted by Crippen LogP contribution is 2.33. The highest BCUT2D eigenvalue weighted by molar-refractivity contribution is 5.50. The molecular weight excluding hydrogens is 244 g/mol. The van der Waals surface area contributed by atoms with E-state index < -0.39 is 0 Å². The number of rotatable bonds is 7. The summed E-state index contributed by atoms with van der Waals surface area (Å²) in [7, 11) is 4.87. The van der Waals surface area contributed by atoms with E-state index >= 15 is 0 Å². The Kier molecular flexibility index (Phi) is 5.44. The molecule has 0 aliphatic heterocycles. The van der Waals surface area contributed by atoms with Crippen LogP contribution in [0.5, 0.6) is 17.2 Å². The van der Waals surface area contributed by atoms with Gasteiger partial charge in [-0.05, 0) is 13.8 Å². The van der Waals surface area contributed by atoms with Crippen LogP contribution in [-0.4, -0.2) is 33.4 Å². The monoisotopic (exact) mass is 268 g/mol. The molecule has 0 bridgehead atoms. The molecule has 0 spiro atoms. The summed E-state index contributed by atoms with van der Waals surface area (Å²) in [6.07, 6.45) is 0. The van der Waals surface area contributed by atoms with Crippen molar-refractivity contribution < 1.29 is 14.2 Å². The van der Waals surface area contributed by atoms with Gasteiger partial charge in [0.1, 0.15) is 17.2 Å². The first-order chi connectivity index (χ1) is 8.91. The van der Waals surface area contributed by atoms with Gasteiger partial charge < -0.3 is 25.3 Å². The molecule has 0 aliphatic rings. The van der Waals surface area contributed by atoms with Gasteiger partial charge in [0.2, 0.25) is 0 Å². The number of ether oxygens (including phenoxy) is 3. The van der Waals surface area contributed by atoms with Crippen LogP contribution in [0.1, 0.15) is 19.4 Å². The molecule has 1 aromatic carbocycles. The fourth-order valence-corrected chi connectivity index (χ4v) is 1.76. The number of methoxy groups -OCH3 is 3. The molecule has 5 heteroatoms. The number of hydrogen-bond donors (Lipinski definition) is 2. The maximum Gasteiger partial charge on any atom is 0.130 e. The van der Waals surface area contributed by atoms with Gasteiger partial charge >= 0.3 is 0 Å². The molecule has 1 aromatic rings. The van der Waals surface area contributed by atoms with E-state index in [4.69, 9.17) is 19.9 Å². The average molecular weight is 268 g/mol. The molecule has 0 amide bonds. The molecule has 0 saturated heterocycles. The minimum absolute atomic E-state index is 0.257. The Hall–Kier alpha value is -1.46. The zero-order valence-electron chi connectivity index (χ0n) is 12.4. The lowest BCUT2D eigenvalue weighted by Gasteiger charge is -2.20. The quantitative estimate of drug-likeness (QED) is 0.785. The first-order valence-electron chi connectivity index (χ1n) is 6.19. The van der Waals surface area contributed by atoms with E-state index in [9.17, 15) is 0 Å². The van der Waals surface area contributed by atoms with Crippen LogP contribution in [0.4, 0.5) is 0 Å². The average Bonchev–Trinajstić information content (AvgIpc) is 2.37. The van der Waals surface area contributed by atoms with Gasteiger partial charge in [0, 0.05) is 30.8 Å². The van der Waals surface area contributed by atoms with Crippen LogP contribution in [0.25, 0.3) is 0 Å². The van der Waals surface area contributed by atoms with Crippen molar-refractivity contribution in [1.29, 1.82) is 0 Å². The van der Waals surface area contributed by atoms with Crippen molar-refractivity contribution in [1.82, 2.24) is 5.32 Å². The number of hydrogen-bond acceptors (Lipinski definition) is 5. The van der Waals surface area contributed by atoms with E-state index in [1.807, 2.05) is 26.0 Å². The molecule has 0 saturated carbocycles. The Morgan fingerprint density at radius 1 is 1.05 bits per heavy atom. The lowest BCUT2D eigenvalue weighted by molar-refractivity contribution is 0.364. The standard InChI is InChI=1S/C14H24N2O3/c1-14(2,15)9-16-8-11-12(18-4)6-10(17-3)7-13(11)19-5/h6-7,16H,8-9,15H2,1-5H3. The van der Waals surface area contributed by atoms with Crippen molar-refractivity contribution in [2.24, 2.45) is 5.73 Å². The molecule has 0 heterocycles. The minimum Gasteiger partial charge on any atom is -0.496 e. The third-order valence-electron chi connectivity index (χ3n) is 2.70. The summed E-state index contributed by atoms with van der Waals surface area (Å²) in [6, 6.07) is 3.68. The normalized spacial score (nSPS) is 11.3. The maximum atomic E-state index is 5.94. The first kappa shape index (κ1) is 15.6. The SMILES string of the molecule is COc1cc(OC)c(CNCC(C)(C)N)c(OC)c1. The fraction of sp³-hybridized carbons (Fsp3) is 0.571. The predicted molar refractivity (Wildman–Crippen MR) is 76.1 cm³/mol. The molecule has 0 unspecified atom stereocenters. The van der Waals surface area contributed by atoms with Crippen molar-refractivity contribution in [3.05, 3.63) is 17.7 Å². The molecule has 19 heavy (non-hydrogen) atoms. The van der Waals surface area contributed by atoms with E-state index in [2.05, 4.69) is 5.32 Å². The number of benzene rings is 1. The summed E-state index contributed by atoms with van der Waals surface area (Å²) in [5.41, 5.74) is 6.64. The van der Waals surface area contributed by atoms with Crippen molar-refractivity contribution >= 4 is 0 Å². The molecule has 1 rings (SSSR count). The Balaban J connectivity index is 2.91. The van der Waals surface area contributed by atoms with Crippen molar-refractivity contribution in [3.8, 4) is 17.2 Å². The van der Waals surface area contributed by atoms with Gasteiger partial charge in [0.25, 0.3) is 0 Å². The zero-order valence-corrected chi connectivity index (χ0v) is 12.4. The van der Waals surface area contributed by atoms with Crippen molar-refractivity contribution in [2.75, 3.05) is 27.9 Å².